The van der Waals surface area contributed by atoms with E-state index in [2.05, 4.69) is 76.4 Å². The van der Waals surface area contributed by atoms with Gasteiger partial charge in [0.15, 0.2) is 0 Å². The van der Waals surface area contributed by atoms with Crippen LogP contribution in [0.2, 0.25) is 25.7 Å². The maximum Gasteiger partial charge on any atom is 0.268 e. The van der Waals surface area contributed by atoms with Crippen LogP contribution in [0, 0.1) is 32.1 Å². The highest BCUT2D eigenvalue weighted by atomic mass is 127. The van der Waals surface area contributed by atoms with Crippen molar-refractivity contribution in [1.82, 2.24) is 18.9 Å². The molecule has 0 spiro atoms. The van der Waals surface area contributed by atoms with Crippen LogP contribution < -0.4 is 5.43 Å². The molecule has 2 atom stereocenters. The lowest BCUT2D eigenvalue weighted by molar-refractivity contribution is 0.0882. The molecule has 6 rings (SSSR count). The van der Waals surface area contributed by atoms with Gasteiger partial charge in [0.25, 0.3) is 10.0 Å². The van der Waals surface area contributed by atoms with E-state index in [0.29, 0.717) is 30.8 Å². The summed E-state index contributed by atoms with van der Waals surface area (Å²) in [5.41, 5.74) is 10.8. The van der Waals surface area contributed by atoms with E-state index in [1.807, 2.05) is 44.3 Å². The Kier molecular flexibility index (Phi) is 9.12. The van der Waals surface area contributed by atoms with Crippen molar-refractivity contribution in [2.75, 3.05) is 6.61 Å². The van der Waals surface area contributed by atoms with Gasteiger partial charge in [-0.3, -0.25) is 0 Å². The molecule has 1 N–H and O–H groups in total. The van der Waals surface area contributed by atoms with Gasteiger partial charge in [-0.25, -0.2) is 17.4 Å². The molecule has 0 saturated heterocycles. The van der Waals surface area contributed by atoms with Crippen molar-refractivity contribution in [3.05, 3.63) is 93.9 Å². The number of alkyl halides is 1. The molecule has 244 valence electrons. The van der Waals surface area contributed by atoms with Crippen LogP contribution in [0.15, 0.2) is 64.7 Å². The van der Waals surface area contributed by atoms with E-state index in [-0.39, 0.29) is 14.9 Å². The minimum absolute atomic E-state index is 0.183. The Balaban J connectivity index is 1.56. The van der Waals surface area contributed by atoms with Gasteiger partial charge < -0.3 is 14.7 Å². The molecule has 1 aliphatic rings. The minimum Gasteiger partial charge on any atom is -0.361 e. The highest BCUT2D eigenvalue weighted by molar-refractivity contribution is 14.1. The minimum atomic E-state index is -3.92. The van der Waals surface area contributed by atoms with E-state index in [4.69, 9.17) is 9.72 Å². The number of nitrogens with one attached hydrogen (secondary N) is 1. The fourth-order valence-corrected chi connectivity index (χ4v) is 9.65. The lowest BCUT2D eigenvalue weighted by Gasteiger charge is -2.21. The fraction of sp³-hybridized carbons (Fsp3) is 0.343. The quantitative estimate of drug-likeness (QED) is 0.0668. The normalized spacial score (nSPS) is 15.7. The van der Waals surface area contributed by atoms with Gasteiger partial charge in [-0.1, -0.05) is 66.0 Å². The number of rotatable bonds is 10. The van der Waals surface area contributed by atoms with Crippen LogP contribution in [0.25, 0.3) is 21.9 Å². The molecular weight excluding hydrogens is 739 g/mol. The Hall–Kier alpha value is -3.51. The molecule has 12 heteroatoms. The average Bonchev–Trinajstić information content (AvgIpc) is 3.77. The summed E-state index contributed by atoms with van der Waals surface area (Å²) in [6.45, 7) is 13.9. The highest BCUT2D eigenvalue weighted by Gasteiger charge is 2.32. The van der Waals surface area contributed by atoms with Crippen LogP contribution in [0.5, 0.6) is 0 Å². The Bertz CT molecular complexity index is 2170. The number of aromatic nitrogens is 3. The number of halogens is 1. The third kappa shape index (κ3) is 6.38. The fourth-order valence-electron chi connectivity index (χ4n) is 6.18. The zero-order valence-electron chi connectivity index (χ0n) is 27.5. The summed E-state index contributed by atoms with van der Waals surface area (Å²) < 4.78 is 38.1. The predicted molar refractivity (Wildman–Crippen MR) is 199 cm³/mol. The summed E-state index contributed by atoms with van der Waals surface area (Å²) in [6.07, 6.45) is 4.24. The molecule has 47 heavy (non-hydrogen) atoms. The molecule has 3 aromatic carbocycles. The number of hydrogen-bond donors (Lipinski definition) is 1. The Labute approximate surface area is 290 Å². The lowest BCUT2D eigenvalue weighted by Crippen LogP contribution is -2.22. The number of hydrogen-bond acceptors (Lipinski definition) is 7. The SMILES string of the molecule is Cc1ccc(S(=O)(=O)n2cc(C3CC=NN3)c3c(C(I)c4nc5ccc(C#N)cc5n4COCC[Si](C)(C)C)c(C)cc(C)c32)cc1. The van der Waals surface area contributed by atoms with E-state index in [9.17, 15) is 13.7 Å². The van der Waals surface area contributed by atoms with E-state index >= 15 is 0 Å². The number of hydrazone groups is 1. The van der Waals surface area contributed by atoms with E-state index < -0.39 is 18.1 Å². The maximum absolute atomic E-state index is 14.3. The van der Waals surface area contributed by atoms with Gasteiger partial charge in [0.05, 0.1) is 43.0 Å². The molecule has 9 nitrogen and oxygen atoms in total. The molecule has 0 saturated carbocycles. The molecular formula is C35H39IN6O3SSi. The molecule has 0 radical (unpaired) electrons. The van der Waals surface area contributed by atoms with Gasteiger partial charge in [-0.05, 0) is 73.8 Å². The van der Waals surface area contributed by atoms with Gasteiger partial charge in [-0.15, -0.1) is 0 Å². The van der Waals surface area contributed by atoms with Gasteiger partial charge in [0, 0.05) is 44.5 Å². The van der Waals surface area contributed by atoms with E-state index in [0.717, 1.165) is 56.1 Å². The molecule has 2 aromatic heterocycles. The second-order valence-electron chi connectivity index (χ2n) is 13.5. The van der Waals surface area contributed by atoms with Gasteiger partial charge in [0.1, 0.15) is 12.6 Å². The van der Waals surface area contributed by atoms with Crippen LogP contribution in [-0.4, -0.2) is 42.8 Å². The molecule has 2 unspecified atom stereocenters. The average molecular weight is 779 g/mol. The smallest absolute Gasteiger partial charge is 0.268 e. The first-order valence-electron chi connectivity index (χ1n) is 15.7. The number of ether oxygens (including phenoxy) is 1. The molecule has 3 heterocycles. The Morgan fingerprint density at radius 1 is 1.11 bits per heavy atom. The zero-order chi connectivity index (χ0) is 33.7. The van der Waals surface area contributed by atoms with Crippen molar-refractivity contribution in [2.45, 2.75) is 74.5 Å². The second-order valence-corrected chi connectivity index (χ2v) is 22.2. The topological polar surface area (TPSA) is 114 Å². The summed E-state index contributed by atoms with van der Waals surface area (Å²) in [6, 6.07) is 17.7. The van der Waals surface area contributed by atoms with E-state index in [1.165, 1.54) is 3.97 Å². The molecule has 5 aromatic rings. The van der Waals surface area contributed by atoms with Crippen molar-refractivity contribution < 1.29 is 13.2 Å². The zero-order valence-corrected chi connectivity index (χ0v) is 31.5. The van der Waals surface area contributed by atoms with Crippen LogP contribution in [0.3, 0.4) is 0 Å². The lowest BCUT2D eigenvalue weighted by atomic mass is 9.93. The molecule has 0 fully saturated rings. The molecule has 0 bridgehead atoms. The number of benzene rings is 3. The number of imidazole rings is 1. The molecule has 1 aliphatic heterocycles. The molecule has 0 aliphatic carbocycles. The summed E-state index contributed by atoms with van der Waals surface area (Å²) in [5, 5.41) is 14.9. The standard InChI is InChI=1S/C35H39IN6O3SSi/c1-22-7-10-26(11-8-22)46(43,44)42-20-27(28-13-14-38-40-28)32-31(23(2)17-24(3)34(32)42)33(36)35-39-29-12-9-25(19-37)18-30(29)41(35)21-45-15-16-47(4,5)6/h7-12,14,17-18,20,28,33,40H,13,15-16,21H2,1-6H3. The van der Waals surface area contributed by atoms with Crippen molar-refractivity contribution in [3.8, 4) is 6.07 Å². The summed E-state index contributed by atoms with van der Waals surface area (Å²) in [5.74, 6) is 0.785. The highest BCUT2D eigenvalue weighted by Crippen LogP contribution is 2.44. The van der Waals surface area contributed by atoms with Crippen LogP contribution in [-0.2, 0) is 21.5 Å². The first kappa shape index (κ1) is 33.4. The third-order valence-electron chi connectivity index (χ3n) is 8.72. The summed E-state index contributed by atoms with van der Waals surface area (Å²) >= 11 is 2.43. The van der Waals surface area contributed by atoms with Crippen LogP contribution in [0.4, 0.5) is 0 Å². The van der Waals surface area contributed by atoms with Gasteiger partial charge >= 0.3 is 0 Å². The van der Waals surface area contributed by atoms with Crippen LogP contribution in [0.1, 0.15) is 55.6 Å². The van der Waals surface area contributed by atoms with Crippen LogP contribution >= 0.6 is 22.6 Å². The Morgan fingerprint density at radius 2 is 1.85 bits per heavy atom. The van der Waals surface area contributed by atoms with Crippen molar-refractivity contribution in [3.63, 3.8) is 0 Å². The molecule has 0 amide bonds. The number of nitriles is 1. The first-order chi connectivity index (χ1) is 22.3. The van der Waals surface area contributed by atoms with Crippen molar-refractivity contribution in [1.29, 1.82) is 5.26 Å². The monoisotopic (exact) mass is 778 g/mol. The van der Waals surface area contributed by atoms with Gasteiger partial charge in [-0.2, -0.15) is 10.4 Å². The van der Waals surface area contributed by atoms with Crippen molar-refractivity contribution in [2.24, 2.45) is 5.10 Å². The first-order valence-corrected chi connectivity index (χ1v) is 22.1. The number of fused-ring (bicyclic) bond motifs is 2. The summed E-state index contributed by atoms with van der Waals surface area (Å²) in [7, 11) is -5.22. The predicted octanol–water partition coefficient (Wildman–Crippen LogP) is 7.88. The Morgan fingerprint density at radius 3 is 2.51 bits per heavy atom. The van der Waals surface area contributed by atoms with E-state index in [1.54, 1.807) is 24.4 Å². The summed E-state index contributed by atoms with van der Waals surface area (Å²) in [4.78, 5) is 5.35. The van der Waals surface area contributed by atoms with Crippen molar-refractivity contribution >= 4 is 68.8 Å². The van der Waals surface area contributed by atoms with Gasteiger partial charge in [0.2, 0.25) is 0 Å². The largest absolute Gasteiger partial charge is 0.361 e. The third-order valence-corrected chi connectivity index (χ3v) is 13.3. The number of nitrogens with zero attached hydrogens (tertiary/aromatic N) is 5. The second kappa shape index (κ2) is 12.8. The maximum atomic E-state index is 14.3. The number of aryl methyl sites for hydroxylation is 3.